The largest absolute Gasteiger partial charge is 0.467 e. The number of sulfone groups is 1. The van der Waals surface area contributed by atoms with Gasteiger partial charge < -0.3 is 15.1 Å². The maximum absolute atomic E-state index is 12.5. The Balaban J connectivity index is 1.70. The third kappa shape index (κ3) is 5.79. The van der Waals surface area contributed by atoms with Gasteiger partial charge in [0.1, 0.15) is 5.76 Å². The molecule has 3 aromatic rings. The zero-order valence-corrected chi connectivity index (χ0v) is 17.7. The van der Waals surface area contributed by atoms with E-state index >= 15 is 0 Å². The molecule has 2 amide bonds. The first-order valence-corrected chi connectivity index (χ1v) is 11.2. The fourth-order valence-corrected chi connectivity index (χ4v) is 3.50. The van der Waals surface area contributed by atoms with E-state index in [9.17, 15) is 28.1 Å². The van der Waals surface area contributed by atoms with Crippen LogP contribution >= 0.6 is 0 Å². The number of nitro groups is 1. The summed E-state index contributed by atoms with van der Waals surface area (Å²) in [4.78, 5) is 34.8. The van der Waals surface area contributed by atoms with Gasteiger partial charge >= 0.3 is 0 Å². The highest BCUT2D eigenvalue weighted by molar-refractivity contribution is 7.90. The molecular formula is C21H19N3O7S. The fourth-order valence-electron chi connectivity index (χ4n) is 2.82. The lowest BCUT2D eigenvalue weighted by Gasteiger charge is -2.09. The lowest BCUT2D eigenvalue weighted by molar-refractivity contribution is -0.385. The molecule has 0 atom stereocenters. The van der Waals surface area contributed by atoms with Crippen molar-refractivity contribution in [3.63, 3.8) is 0 Å². The molecule has 32 heavy (non-hydrogen) atoms. The molecule has 0 spiro atoms. The fraction of sp³-hybridized carbons (Fsp3) is 0.143. The van der Waals surface area contributed by atoms with Crippen molar-refractivity contribution in [2.24, 2.45) is 0 Å². The normalized spacial score (nSPS) is 11.0. The number of nitro benzene ring substituents is 1. The van der Waals surface area contributed by atoms with Crippen LogP contribution in [0.1, 0.15) is 32.0 Å². The lowest BCUT2D eigenvalue weighted by atomic mass is 10.1. The Morgan fingerprint density at radius 2 is 1.69 bits per heavy atom. The van der Waals surface area contributed by atoms with Crippen molar-refractivity contribution in [3.8, 4) is 0 Å². The van der Waals surface area contributed by atoms with Crippen LogP contribution in [-0.2, 0) is 22.9 Å². The number of nitrogens with zero attached hydrogens (tertiary/aromatic N) is 1. The number of carbonyl (C=O) groups excluding carboxylic acids is 2. The average molecular weight is 457 g/mol. The summed E-state index contributed by atoms with van der Waals surface area (Å²) in [5.74, 6) is -0.412. The van der Waals surface area contributed by atoms with Crippen LogP contribution in [-0.4, -0.2) is 31.4 Å². The number of hydrogen-bond acceptors (Lipinski definition) is 7. The molecule has 1 aromatic heterocycles. The van der Waals surface area contributed by atoms with Gasteiger partial charge in [0, 0.05) is 36.1 Å². The Morgan fingerprint density at radius 1 is 0.969 bits per heavy atom. The number of furan rings is 1. The SMILES string of the molecule is CS(=O)(=O)c1cc(C(=O)NCc2cccc(C(=O)NCc3ccco3)c2)cc([N+](=O)[O-])c1. The molecule has 0 saturated carbocycles. The van der Waals surface area contributed by atoms with Gasteiger partial charge in [0.15, 0.2) is 9.84 Å². The number of nitrogens with one attached hydrogen (secondary N) is 2. The summed E-state index contributed by atoms with van der Waals surface area (Å²) >= 11 is 0. The van der Waals surface area contributed by atoms with Crippen LogP contribution in [0.25, 0.3) is 0 Å². The summed E-state index contributed by atoms with van der Waals surface area (Å²) in [6.07, 6.45) is 2.40. The first kappa shape index (κ1) is 22.7. The van der Waals surface area contributed by atoms with Gasteiger partial charge in [-0.2, -0.15) is 0 Å². The molecule has 0 aliphatic heterocycles. The smallest absolute Gasteiger partial charge is 0.271 e. The quantitative estimate of drug-likeness (QED) is 0.390. The van der Waals surface area contributed by atoms with E-state index in [0.717, 1.165) is 24.5 Å². The van der Waals surface area contributed by atoms with Gasteiger partial charge in [0.25, 0.3) is 17.5 Å². The molecule has 0 aliphatic carbocycles. The monoisotopic (exact) mass is 457 g/mol. The summed E-state index contributed by atoms with van der Waals surface area (Å²) in [7, 11) is -3.75. The lowest BCUT2D eigenvalue weighted by Crippen LogP contribution is -2.24. The van der Waals surface area contributed by atoms with Crippen molar-refractivity contribution in [3.05, 3.63) is 93.4 Å². The highest BCUT2D eigenvalue weighted by atomic mass is 32.2. The molecule has 0 radical (unpaired) electrons. The highest BCUT2D eigenvalue weighted by Crippen LogP contribution is 2.21. The van der Waals surface area contributed by atoms with Gasteiger partial charge in [-0.05, 0) is 35.9 Å². The summed E-state index contributed by atoms with van der Waals surface area (Å²) < 4.78 is 28.7. The van der Waals surface area contributed by atoms with Gasteiger partial charge in [-0.25, -0.2) is 8.42 Å². The van der Waals surface area contributed by atoms with Crippen LogP contribution in [0.2, 0.25) is 0 Å². The molecule has 1 heterocycles. The molecule has 2 N–H and O–H groups in total. The molecular weight excluding hydrogens is 438 g/mol. The molecule has 11 heteroatoms. The van der Waals surface area contributed by atoms with Gasteiger partial charge in [-0.1, -0.05) is 12.1 Å². The van der Waals surface area contributed by atoms with Crippen LogP contribution in [0.4, 0.5) is 5.69 Å². The van der Waals surface area contributed by atoms with Crippen LogP contribution in [0.3, 0.4) is 0 Å². The van der Waals surface area contributed by atoms with Crippen LogP contribution in [0, 0.1) is 10.1 Å². The summed E-state index contributed by atoms with van der Waals surface area (Å²) in [6.45, 7) is 0.247. The van der Waals surface area contributed by atoms with Crippen LogP contribution in [0.5, 0.6) is 0 Å². The van der Waals surface area contributed by atoms with Crippen molar-refractivity contribution < 1.29 is 27.3 Å². The number of benzene rings is 2. The molecule has 0 saturated heterocycles. The molecule has 3 rings (SSSR count). The second kappa shape index (κ2) is 9.43. The third-order valence-electron chi connectivity index (χ3n) is 4.44. The molecule has 166 valence electrons. The Kier molecular flexibility index (Phi) is 6.69. The van der Waals surface area contributed by atoms with Crippen LogP contribution < -0.4 is 10.6 Å². The Morgan fingerprint density at radius 3 is 2.34 bits per heavy atom. The Labute approximate surface area is 183 Å². The number of hydrogen-bond donors (Lipinski definition) is 2. The molecule has 10 nitrogen and oxygen atoms in total. The van der Waals surface area contributed by atoms with Gasteiger partial charge in [-0.15, -0.1) is 0 Å². The van der Waals surface area contributed by atoms with Crippen molar-refractivity contribution in [1.29, 1.82) is 0 Å². The second-order valence-electron chi connectivity index (χ2n) is 6.89. The molecule has 0 aliphatic rings. The second-order valence-corrected chi connectivity index (χ2v) is 8.91. The average Bonchev–Trinajstić information content (AvgIpc) is 3.28. The minimum atomic E-state index is -3.75. The Hall–Kier alpha value is -3.99. The van der Waals surface area contributed by atoms with Crippen molar-refractivity contribution in [2.45, 2.75) is 18.0 Å². The highest BCUT2D eigenvalue weighted by Gasteiger charge is 2.19. The minimum absolute atomic E-state index is 0.0229. The van der Waals surface area contributed by atoms with Gasteiger partial charge in [-0.3, -0.25) is 19.7 Å². The standard InChI is InChI=1S/C21H19N3O7S/c1-32(29,30)19-10-16(9-17(11-19)24(27)28)21(26)22-12-14-4-2-5-15(8-14)20(25)23-13-18-6-3-7-31-18/h2-11H,12-13H2,1H3,(H,22,26)(H,23,25). The predicted octanol–water partition coefficient (Wildman–Crippen LogP) is 2.45. The molecule has 0 fully saturated rings. The van der Waals surface area contributed by atoms with E-state index in [1.165, 1.54) is 6.26 Å². The number of rotatable bonds is 8. The topological polar surface area (TPSA) is 149 Å². The van der Waals surface area contributed by atoms with E-state index in [4.69, 9.17) is 4.42 Å². The minimum Gasteiger partial charge on any atom is -0.467 e. The maximum atomic E-state index is 12.5. The van der Waals surface area contributed by atoms with Crippen molar-refractivity contribution in [2.75, 3.05) is 6.26 Å². The zero-order valence-electron chi connectivity index (χ0n) is 16.9. The van der Waals surface area contributed by atoms with Gasteiger partial charge in [0.05, 0.1) is 22.6 Å². The van der Waals surface area contributed by atoms with Crippen molar-refractivity contribution in [1.82, 2.24) is 10.6 Å². The summed E-state index contributed by atoms with van der Waals surface area (Å²) in [5, 5.41) is 16.4. The first-order chi connectivity index (χ1) is 15.1. The van der Waals surface area contributed by atoms with E-state index in [1.807, 2.05) is 0 Å². The van der Waals surface area contributed by atoms with E-state index in [-0.39, 0.29) is 29.5 Å². The molecule has 0 bridgehead atoms. The summed E-state index contributed by atoms with van der Waals surface area (Å²) in [5.41, 5.74) is 0.316. The summed E-state index contributed by atoms with van der Waals surface area (Å²) in [6, 6.07) is 13.0. The van der Waals surface area contributed by atoms with Gasteiger partial charge in [0.2, 0.25) is 0 Å². The van der Waals surface area contributed by atoms with E-state index < -0.39 is 26.4 Å². The number of carbonyl (C=O) groups is 2. The van der Waals surface area contributed by atoms with E-state index in [2.05, 4.69) is 10.6 Å². The first-order valence-electron chi connectivity index (χ1n) is 9.31. The van der Waals surface area contributed by atoms with E-state index in [1.54, 1.807) is 36.4 Å². The maximum Gasteiger partial charge on any atom is 0.271 e. The Bertz CT molecular complexity index is 1270. The van der Waals surface area contributed by atoms with Crippen molar-refractivity contribution >= 4 is 27.3 Å². The predicted molar refractivity (Wildman–Crippen MR) is 114 cm³/mol. The number of amides is 2. The van der Waals surface area contributed by atoms with Crippen LogP contribution in [0.15, 0.2) is 70.2 Å². The molecule has 0 unspecified atom stereocenters. The molecule has 2 aromatic carbocycles. The third-order valence-corrected chi connectivity index (χ3v) is 5.53. The zero-order chi connectivity index (χ0) is 23.3. The number of non-ortho nitro benzene ring substituents is 1. The van der Waals surface area contributed by atoms with E-state index in [0.29, 0.717) is 16.9 Å².